The molecule has 2 aromatic carbocycles. The molecule has 0 aromatic heterocycles. The predicted molar refractivity (Wildman–Crippen MR) is 123 cm³/mol. The predicted octanol–water partition coefficient (Wildman–Crippen LogP) is 2.99. The maximum atomic E-state index is 14.7. The molecule has 1 aliphatic rings. The van der Waals surface area contributed by atoms with Gasteiger partial charge in [0, 0.05) is 38.3 Å². The zero-order valence-corrected chi connectivity index (χ0v) is 20.0. The number of hydrogen-bond donors (Lipinski definition) is 0. The van der Waals surface area contributed by atoms with Crippen molar-refractivity contribution in [2.75, 3.05) is 56.9 Å². The van der Waals surface area contributed by atoms with Crippen LogP contribution in [0.5, 0.6) is 0 Å². The second kappa shape index (κ2) is 10.8. The number of sulfonamides is 1. The number of esters is 1. The Morgan fingerprint density at radius 3 is 2.39 bits per heavy atom. The number of hydrogen-bond acceptors (Lipinski definition) is 6. The maximum absolute atomic E-state index is 14.7. The van der Waals surface area contributed by atoms with Crippen LogP contribution in [-0.2, 0) is 21.3 Å². The largest absolute Gasteiger partial charge is 0.465 e. The number of rotatable bonds is 8. The smallest absolute Gasteiger partial charge is 0.337 e. The van der Waals surface area contributed by atoms with Crippen molar-refractivity contribution in [3.8, 4) is 0 Å². The van der Waals surface area contributed by atoms with Crippen molar-refractivity contribution < 1.29 is 26.7 Å². The number of carbonyl (C=O) groups is 1. The van der Waals surface area contributed by atoms with Gasteiger partial charge in [0.05, 0.1) is 35.7 Å². The topological polar surface area (TPSA) is 70.2 Å². The number of benzene rings is 2. The minimum absolute atomic E-state index is 0.00745. The van der Waals surface area contributed by atoms with Crippen molar-refractivity contribution in [1.29, 1.82) is 0 Å². The van der Waals surface area contributed by atoms with Crippen LogP contribution in [0.1, 0.15) is 15.9 Å². The summed E-state index contributed by atoms with van der Waals surface area (Å²) in [6, 6.07) is 7.23. The Labute approximate surface area is 197 Å². The summed E-state index contributed by atoms with van der Waals surface area (Å²) in [5.41, 5.74) is 0.176. The molecule has 0 unspecified atom stereocenters. The molecule has 1 aliphatic heterocycles. The number of piperazine rings is 1. The van der Waals surface area contributed by atoms with Gasteiger partial charge < -0.3 is 9.64 Å². The Bertz CT molecular complexity index is 1110. The number of anilines is 1. The highest BCUT2D eigenvalue weighted by molar-refractivity contribution is 7.92. The maximum Gasteiger partial charge on any atom is 0.337 e. The third-order valence-electron chi connectivity index (χ3n) is 5.58. The van der Waals surface area contributed by atoms with Crippen molar-refractivity contribution in [2.45, 2.75) is 6.54 Å². The summed E-state index contributed by atoms with van der Waals surface area (Å²) in [6.07, 6.45) is 0. The molecule has 180 valence electrons. The van der Waals surface area contributed by atoms with Crippen LogP contribution in [0.2, 0.25) is 5.02 Å². The summed E-state index contributed by atoms with van der Waals surface area (Å²) in [5.74, 6) is -2.36. The quantitative estimate of drug-likeness (QED) is 0.518. The monoisotopic (exact) mass is 501 g/mol. The van der Waals surface area contributed by atoms with Crippen LogP contribution in [0.3, 0.4) is 0 Å². The highest BCUT2D eigenvalue weighted by Gasteiger charge is 2.26. The first kappa shape index (κ1) is 25.4. The molecule has 1 saturated heterocycles. The number of methoxy groups -OCH3 is 1. The molecule has 1 heterocycles. The third kappa shape index (κ3) is 6.41. The lowest BCUT2D eigenvalue weighted by Crippen LogP contribution is -2.47. The lowest BCUT2D eigenvalue weighted by Gasteiger charge is -2.33. The fourth-order valence-electron chi connectivity index (χ4n) is 3.49. The van der Waals surface area contributed by atoms with Crippen LogP contribution in [0, 0.1) is 11.6 Å². The Hall–Kier alpha value is -2.27. The average molecular weight is 502 g/mol. The van der Waals surface area contributed by atoms with E-state index >= 15 is 0 Å². The second-order valence-electron chi connectivity index (χ2n) is 7.86. The summed E-state index contributed by atoms with van der Waals surface area (Å²) in [5, 5.41) is -0.242. The van der Waals surface area contributed by atoms with E-state index < -0.39 is 27.6 Å². The molecule has 7 nitrogen and oxygen atoms in total. The summed E-state index contributed by atoms with van der Waals surface area (Å²) in [7, 11) is -0.736. The molecule has 3 rings (SSSR count). The van der Waals surface area contributed by atoms with Crippen LogP contribution in [0.4, 0.5) is 14.5 Å². The lowest BCUT2D eigenvalue weighted by molar-refractivity contribution is 0.0600. The lowest BCUT2D eigenvalue weighted by atomic mass is 10.1. The van der Waals surface area contributed by atoms with Gasteiger partial charge in [0.2, 0.25) is 10.0 Å². The van der Waals surface area contributed by atoms with E-state index in [9.17, 15) is 22.0 Å². The van der Waals surface area contributed by atoms with Gasteiger partial charge in [-0.05, 0) is 37.4 Å². The second-order valence-corrected chi connectivity index (χ2v) is 10.3. The Morgan fingerprint density at radius 1 is 1.09 bits per heavy atom. The highest BCUT2D eigenvalue weighted by Crippen LogP contribution is 2.27. The van der Waals surface area contributed by atoms with Gasteiger partial charge in [0.15, 0.2) is 0 Å². The minimum atomic E-state index is -3.93. The van der Waals surface area contributed by atoms with Crippen LogP contribution >= 0.6 is 11.6 Å². The molecule has 0 radical (unpaired) electrons. The van der Waals surface area contributed by atoms with E-state index in [1.165, 1.54) is 31.4 Å². The number of ether oxygens (including phenoxy) is 1. The first-order valence-electron chi connectivity index (χ1n) is 10.3. The van der Waals surface area contributed by atoms with Gasteiger partial charge in [-0.3, -0.25) is 9.21 Å². The zero-order valence-electron chi connectivity index (χ0n) is 18.4. The van der Waals surface area contributed by atoms with Crippen molar-refractivity contribution in [3.05, 3.63) is 64.2 Å². The van der Waals surface area contributed by atoms with Crippen LogP contribution in [0.15, 0.2) is 36.4 Å². The van der Waals surface area contributed by atoms with Crippen molar-refractivity contribution in [2.24, 2.45) is 0 Å². The zero-order chi connectivity index (χ0) is 24.2. The molecule has 0 spiro atoms. The van der Waals surface area contributed by atoms with E-state index in [1.54, 1.807) is 0 Å². The SMILES string of the molecule is COC(=O)c1ccc(CN(c2ccc(F)c(Cl)c2)S(=O)(=O)CCN2CCN(C)CC2)c(F)c1. The first-order valence-corrected chi connectivity index (χ1v) is 12.3. The van der Waals surface area contributed by atoms with Gasteiger partial charge in [0.1, 0.15) is 11.6 Å². The Morgan fingerprint density at radius 2 is 1.79 bits per heavy atom. The molecule has 1 fully saturated rings. The van der Waals surface area contributed by atoms with Crippen LogP contribution in [0.25, 0.3) is 0 Å². The summed E-state index contributed by atoms with van der Waals surface area (Å²) >= 11 is 5.89. The fraction of sp³-hybridized carbons (Fsp3) is 0.409. The Balaban J connectivity index is 1.88. The van der Waals surface area contributed by atoms with Gasteiger partial charge >= 0.3 is 5.97 Å². The molecule has 0 N–H and O–H groups in total. The van der Waals surface area contributed by atoms with Crippen LogP contribution < -0.4 is 4.31 Å². The number of halogens is 3. The highest BCUT2D eigenvalue weighted by atomic mass is 35.5. The van der Waals surface area contributed by atoms with Gasteiger partial charge in [-0.1, -0.05) is 17.7 Å². The van der Waals surface area contributed by atoms with Gasteiger partial charge in [0.25, 0.3) is 0 Å². The summed E-state index contributed by atoms with van der Waals surface area (Å²) in [4.78, 5) is 15.9. The first-order chi connectivity index (χ1) is 15.6. The van der Waals surface area contributed by atoms with Crippen LogP contribution in [-0.4, -0.2) is 76.8 Å². The fourth-order valence-corrected chi connectivity index (χ4v) is 5.15. The standard InChI is InChI=1S/C22H26ClF2N3O4S/c1-26-7-9-27(10-8-26)11-12-33(30,31)28(18-5-6-20(24)19(23)14-18)15-17-4-3-16(13-21(17)25)22(29)32-2/h3-6,13-14H,7-12,15H2,1-2H3. The van der Waals surface area contributed by atoms with Crippen molar-refractivity contribution in [1.82, 2.24) is 9.80 Å². The third-order valence-corrected chi connectivity index (χ3v) is 7.58. The van der Waals surface area contributed by atoms with E-state index in [4.69, 9.17) is 11.6 Å². The van der Waals surface area contributed by atoms with E-state index in [0.717, 1.165) is 42.6 Å². The molecule has 2 aromatic rings. The van der Waals surface area contributed by atoms with Crippen molar-refractivity contribution in [3.63, 3.8) is 0 Å². The summed E-state index contributed by atoms with van der Waals surface area (Å²) < 4.78 is 60.7. The molecule has 33 heavy (non-hydrogen) atoms. The summed E-state index contributed by atoms with van der Waals surface area (Å²) in [6.45, 7) is 3.14. The average Bonchev–Trinajstić information content (AvgIpc) is 2.79. The number of nitrogens with zero attached hydrogens (tertiary/aromatic N) is 3. The van der Waals surface area contributed by atoms with E-state index in [2.05, 4.69) is 14.5 Å². The minimum Gasteiger partial charge on any atom is -0.465 e. The van der Waals surface area contributed by atoms with E-state index in [-0.39, 0.29) is 34.1 Å². The molecule has 0 atom stereocenters. The molecule has 0 aliphatic carbocycles. The normalized spacial score (nSPS) is 15.4. The molecule has 0 saturated carbocycles. The number of carbonyl (C=O) groups excluding carboxylic acids is 1. The molecular formula is C22H26ClF2N3O4S. The van der Waals surface area contributed by atoms with Gasteiger partial charge in [-0.15, -0.1) is 0 Å². The van der Waals surface area contributed by atoms with E-state index in [0.29, 0.717) is 6.54 Å². The van der Waals surface area contributed by atoms with Gasteiger partial charge in [-0.25, -0.2) is 22.0 Å². The number of likely N-dealkylation sites (N-methyl/N-ethyl adjacent to an activating group) is 1. The van der Waals surface area contributed by atoms with Gasteiger partial charge in [-0.2, -0.15) is 0 Å². The molecule has 0 amide bonds. The van der Waals surface area contributed by atoms with Crippen molar-refractivity contribution >= 4 is 33.3 Å². The van der Waals surface area contributed by atoms with E-state index in [1.807, 2.05) is 7.05 Å². The molecular weight excluding hydrogens is 476 g/mol. The Kier molecular flexibility index (Phi) is 8.28. The molecule has 11 heteroatoms. The molecule has 0 bridgehead atoms.